The number of aromatic amines is 1. The van der Waals surface area contributed by atoms with Crippen LogP contribution in [-0.4, -0.2) is 323 Å². The van der Waals surface area contributed by atoms with Crippen molar-refractivity contribution in [1.82, 2.24) is 87.2 Å². The number of aliphatic hydroxyl groups is 2. The fourth-order valence-electron chi connectivity index (χ4n) is 17.0. The van der Waals surface area contributed by atoms with Gasteiger partial charge in [-0.2, -0.15) is 0 Å². The van der Waals surface area contributed by atoms with Gasteiger partial charge in [-0.1, -0.05) is 102 Å². The molecule has 8 rings (SSSR count). The largest absolute Gasteiger partial charge is 0.508 e. The lowest BCUT2D eigenvalue weighted by molar-refractivity contribution is -0.149. The van der Waals surface area contributed by atoms with Crippen LogP contribution in [0.25, 0.3) is 21.8 Å². The van der Waals surface area contributed by atoms with Crippen LogP contribution in [0.3, 0.4) is 0 Å². The van der Waals surface area contributed by atoms with Crippen molar-refractivity contribution in [1.29, 1.82) is 0 Å². The van der Waals surface area contributed by atoms with Gasteiger partial charge in [-0.3, -0.25) is 96.4 Å². The Balaban J connectivity index is 1.22. The number of aromatic hydroxyl groups is 1. The molecule has 45 nitrogen and oxygen atoms in total. The van der Waals surface area contributed by atoms with E-state index in [4.69, 9.17) is 28.7 Å². The van der Waals surface area contributed by atoms with Crippen molar-refractivity contribution < 1.29 is 112 Å². The lowest BCUT2D eigenvalue weighted by atomic mass is 9.99. The molecule has 25 N–H and O–H groups in total. The van der Waals surface area contributed by atoms with Crippen LogP contribution in [0, 0.1) is 5.92 Å². The first kappa shape index (κ1) is 109. The number of primary amides is 4. The quantitative estimate of drug-likeness (QED) is 0.0225. The Morgan fingerprint density at radius 2 is 1.12 bits per heavy atom. The van der Waals surface area contributed by atoms with Gasteiger partial charge in [0.15, 0.2) is 0 Å². The van der Waals surface area contributed by atoms with Gasteiger partial charge in [-0.05, 0) is 105 Å². The molecule has 0 saturated carbocycles. The van der Waals surface area contributed by atoms with E-state index in [1.807, 2.05) is 13.8 Å². The molecule has 0 aliphatic carbocycles. The van der Waals surface area contributed by atoms with Crippen molar-refractivity contribution in [3.05, 3.63) is 102 Å². The number of likely N-dealkylation sites (N-methyl/N-ethyl adjacent to an activating group) is 3. The van der Waals surface area contributed by atoms with Gasteiger partial charge in [-0.15, -0.1) is 11.8 Å². The summed E-state index contributed by atoms with van der Waals surface area (Å²) in [6.45, 7) is 6.08. The molecule has 3 aliphatic rings. The molecule has 0 radical (unpaired) electrons. The van der Waals surface area contributed by atoms with Gasteiger partial charge in [0, 0.05) is 106 Å². The molecule has 3 aromatic carbocycles. The second kappa shape index (κ2) is 51.6. The molecule has 137 heavy (non-hydrogen) atoms. The Bertz CT molecular complexity index is 5190. The van der Waals surface area contributed by atoms with Crippen LogP contribution in [0.15, 0.2) is 85.2 Å². The number of carboxylic acids is 1. The highest BCUT2D eigenvalue weighted by atomic mass is 32.2. The topological polar surface area (TPSA) is 693 Å². The summed E-state index contributed by atoms with van der Waals surface area (Å²) in [4.78, 5) is 281. The van der Waals surface area contributed by atoms with Crippen molar-refractivity contribution in [3.8, 4) is 5.75 Å². The monoisotopic (exact) mass is 1930 g/mol. The van der Waals surface area contributed by atoms with Crippen LogP contribution < -0.4 is 81.8 Å². The van der Waals surface area contributed by atoms with E-state index in [1.165, 1.54) is 68.0 Å². The Labute approximate surface area is 795 Å². The molecule has 3 saturated heterocycles. The van der Waals surface area contributed by atoms with Crippen molar-refractivity contribution >= 4 is 146 Å². The van der Waals surface area contributed by atoms with E-state index in [0.29, 0.717) is 64.2 Å². The first-order chi connectivity index (χ1) is 64.9. The average molecular weight is 1930 g/mol. The number of aliphatic hydroxyl groups excluding tert-OH is 2. The number of rotatable bonds is 28. The van der Waals surface area contributed by atoms with Crippen molar-refractivity contribution in [2.24, 2.45) is 34.6 Å². The van der Waals surface area contributed by atoms with Gasteiger partial charge in [-0.25, -0.2) is 0 Å². The lowest BCUT2D eigenvalue weighted by Crippen LogP contribution is -2.62. The number of aromatic nitrogens is 2. The number of thioether (sulfide) groups is 1. The normalized spacial score (nSPS) is 25.1. The number of amides is 18. The molecule has 16 atom stereocenters. The van der Waals surface area contributed by atoms with Crippen molar-refractivity contribution in [2.75, 3.05) is 58.8 Å². The number of hydrogen-bond acceptors (Lipinski definition) is 25. The number of benzene rings is 3. The van der Waals surface area contributed by atoms with E-state index in [-0.39, 0.29) is 81.9 Å². The number of fused-ring (bicyclic) bond motifs is 4. The van der Waals surface area contributed by atoms with Gasteiger partial charge < -0.3 is 131 Å². The number of aliphatic carboxylic acids is 1. The maximum absolute atomic E-state index is 16.0. The molecule has 5 aromatic rings. The SMILES string of the molecule is CCCC[C@H]1C(=O)N(C)[C@@H](CCCC)C(=O)N[C@@H](CC(C)C)C(O)N[C@H](C(=O)NCC(N)=O)CSCC(=O)N[C@@H](Cc2ccc(O)cc2)C(=O)N(C)[C@@H](C)C(=O)N[C@@H](CC(N)=O)C(=O)N2CCC[C@H]2C(=O)N[C@@H](CC(N)=O)C(=O)N[C@@H](CCC(N)=O)C(=O)N2C[C@H](O)C[C@H]2C(=O)N[C@@H](Cc2c[nH]c3ccccc23)C(=O)N[C@@H](CCN)C(=O)N[C@@H](Cc2cn(CC(=O)O)c3ccccc23)C(=O)N1C. The van der Waals surface area contributed by atoms with Crippen LogP contribution in [0.5, 0.6) is 5.75 Å². The zero-order valence-electron chi connectivity index (χ0n) is 78.1. The number of carbonyl (C=O) groups is 19. The number of phenolic OH excluding ortho intramolecular Hbond substituents is 1. The third-order valence-corrected chi connectivity index (χ3v) is 25.4. The van der Waals surface area contributed by atoms with Crippen LogP contribution in [-0.2, 0) is 117 Å². The number of H-pyrrole nitrogens is 1. The van der Waals surface area contributed by atoms with Gasteiger partial charge in [0.25, 0.3) is 0 Å². The summed E-state index contributed by atoms with van der Waals surface area (Å²) in [5.74, 6) is -20.8. The number of nitrogens with two attached hydrogens (primary N) is 5. The summed E-state index contributed by atoms with van der Waals surface area (Å²) in [5.41, 5.74) is 30.8. The maximum Gasteiger partial charge on any atom is 0.323 e. The highest BCUT2D eigenvalue weighted by molar-refractivity contribution is 8.00. The number of unbranched alkanes of at least 4 members (excludes halogenated alkanes) is 2. The van der Waals surface area contributed by atoms with Crippen LogP contribution in [0.2, 0.25) is 0 Å². The Morgan fingerprint density at radius 3 is 1.76 bits per heavy atom. The van der Waals surface area contributed by atoms with Gasteiger partial charge in [0.05, 0.1) is 43.3 Å². The highest BCUT2D eigenvalue weighted by Gasteiger charge is 2.47. The Kier molecular flexibility index (Phi) is 41.0. The summed E-state index contributed by atoms with van der Waals surface area (Å²) in [6, 6.07) is -3.60. The Hall–Kier alpha value is -13.3. The summed E-state index contributed by atoms with van der Waals surface area (Å²) in [6.07, 6.45) is -3.74. The zero-order valence-corrected chi connectivity index (χ0v) is 78.9. The third-order valence-electron chi connectivity index (χ3n) is 24.4. The van der Waals surface area contributed by atoms with Gasteiger partial charge in [0.1, 0.15) is 91.0 Å². The van der Waals surface area contributed by atoms with E-state index in [1.54, 1.807) is 68.6 Å². The molecule has 2 aromatic heterocycles. The van der Waals surface area contributed by atoms with E-state index in [9.17, 15) is 78.0 Å². The average Bonchev–Trinajstić information content (AvgIpc) is 1.72. The summed E-state index contributed by atoms with van der Waals surface area (Å²) in [7, 11) is 3.87. The fourth-order valence-corrected chi connectivity index (χ4v) is 17.9. The minimum atomic E-state index is -1.99. The van der Waals surface area contributed by atoms with E-state index in [2.05, 4.69) is 58.2 Å². The maximum atomic E-state index is 16.0. The summed E-state index contributed by atoms with van der Waals surface area (Å²) in [5, 5.41) is 71.3. The van der Waals surface area contributed by atoms with E-state index in [0.717, 1.165) is 31.4 Å². The van der Waals surface area contributed by atoms with E-state index < -0.39 is 273 Å². The molecular weight excluding hydrogens is 1800 g/mol. The molecule has 748 valence electrons. The number of carboxylic acid groups (broad SMARTS) is 1. The second-order valence-electron chi connectivity index (χ2n) is 35.3. The van der Waals surface area contributed by atoms with Gasteiger partial charge >= 0.3 is 5.97 Å². The zero-order chi connectivity index (χ0) is 101. The molecular formula is C91H130N22O23S. The minimum Gasteiger partial charge on any atom is -0.508 e. The van der Waals surface area contributed by atoms with Crippen LogP contribution in [0.4, 0.5) is 0 Å². The fraction of sp³-hybridized carbons (Fsp3) is 0.549. The number of phenols is 1. The minimum absolute atomic E-state index is 0.0114. The van der Waals surface area contributed by atoms with Gasteiger partial charge in [0.2, 0.25) is 106 Å². The third kappa shape index (κ3) is 30.8. The number of para-hydroxylation sites is 2. The van der Waals surface area contributed by atoms with Crippen molar-refractivity contribution in [3.63, 3.8) is 0 Å². The molecule has 5 heterocycles. The van der Waals surface area contributed by atoms with E-state index >= 15 is 33.6 Å². The summed E-state index contributed by atoms with van der Waals surface area (Å²) < 4.78 is 1.42. The molecule has 3 aliphatic heterocycles. The molecule has 18 amide bonds. The lowest BCUT2D eigenvalue weighted by Gasteiger charge is -2.37. The highest BCUT2D eigenvalue weighted by Crippen LogP contribution is 2.29. The number of nitrogens with zero attached hydrogens (tertiary/aromatic N) is 6. The first-order valence-corrected chi connectivity index (χ1v) is 46.8. The first-order valence-electron chi connectivity index (χ1n) is 45.7. The number of nitrogens with one attached hydrogen (secondary N) is 11. The molecule has 0 bridgehead atoms. The molecule has 0 spiro atoms. The van der Waals surface area contributed by atoms with Crippen LogP contribution in [0.1, 0.15) is 148 Å². The molecule has 1 unspecified atom stereocenters. The number of carbonyl (C=O) groups excluding carboxylic acids is 18. The summed E-state index contributed by atoms with van der Waals surface area (Å²) >= 11 is 0.802. The van der Waals surface area contributed by atoms with Crippen LogP contribution >= 0.6 is 11.8 Å². The smallest absolute Gasteiger partial charge is 0.323 e. The molecule has 3 fully saturated rings. The Morgan fingerprint density at radius 1 is 0.555 bits per heavy atom. The van der Waals surface area contributed by atoms with Crippen molar-refractivity contribution in [2.45, 2.75) is 254 Å². The number of hydrogen-bond donors (Lipinski definition) is 20. The predicted octanol–water partition coefficient (Wildman–Crippen LogP) is -4.31. The molecule has 46 heteroatoms. The second-order valence-corrected chi connectivity index (χ2v) is 36.3. The predicted molar refractivity (Wildman–Crippen MR) is 499 cm³/mol. The standard InChI is InChI=1S/C91H130N22O23S/c1-9-11-21-68-84(129)102-60(34-48(3)4)81(126)107-66(79(124)98-42-75(96)119)46-137-47-76(120)99-63(35-50-25-27-53(114)28-26-50)87(132)108(6)49(5)78(123)105-65(40-74(95)118)90(135)112-33-17-24-69(112)85(130)104-62(39-73(94)117)83(128)101-59(29-30-72(93)116)89(134)113-44-54(115)38-71(113)86(131)103-61(36-51-41-97-57-20-15-13-18-55(51)57)82(127)100-58(31-32-92)80(125)106-64(88(133)110(8)70(22-12-10-2)91(136)109(68)7)37-52-43-111(45-77(121)122)67-23-16-14-19-56(52)67/h13-16,18-20,23,25-28,41,43,48-49,54,58-66,68-71,81,97,107,114-115,126H,9-12,17,21-22,24,29-40,42,44-47,92H2,1-8H3,(H2,93,116)(H2,94,117)(H2,95,118)(H2,96,119)(H,98,124)(H,99,120)(H,100,127)(H,101,128)(H,102,129)(H,103,131)(H,104,130)(H,105,123)(H,106,125)(H,121,122)/t49-,54+,58-,59-,60-,61-,62-,63-,64-,65-,66-,68-,69-,70-,71-,81?/m0/s1.